The number of nitrogens with one attached hydrogen (secondary N) is 1. The number of carboxylic acid groups (broad SMARTS) is 1. The number of benzene rings is 2. The van der Waals surface area contributed by atoms with E-state index in [1.165, 1.54) is 12.1 Å². The first-order valence-electron chi connectivity index (χ1n) is 10.9. The molecule has 0 aliphatic heterocycles. The molecule has 0 aliphatic carbocycles. The summed E-state index contributed by atoms with van der Waals surface area (Å²) >= 11 is 0. The van der Waals surface area contributed by atoms with Gasteiger partial charge in [0, 0.05) is 5.69 Å². The van der Waals surface area contributed by atoms with Gasteiger partial charge in [-0.1, -0.05) is 62.7 Å². The van der Waals surface area contributed by atoms with Crippen molar-refractivity contribution in [1.29, 1.82) is 0 Å². The number of halogens is 1. The predicted molar refractivity (Wildman–Crippen MR) is 124 cm³/mol. The Balaban J connectivity index is 2.05. The van der Waals surface area contributed by atoms with Crippen LogP contribution in [0.1, 0.15) is 59.1 Å². The summed E-state index contributed by atoms with van der Waals surface area (Å²) in [7, 11) is 0. The standard InChI is InChI=1S/C26H27FN2O4/c1-3-8-22-18(4-2)15-21(25(31)29(22)16-17-11-13-20(27)14-12-17)24(30)28-23(26(32)33)19-9-6-5-7-10-19/h5-7,9-15,23H,3-4,8,16H2,1-2H3,(H,28,30)(H,32,33)/t23-/m0/s1. The maximum atomic E-state index is 13.4. The number of rotatable bonds is 9. The molecule has 3 aromatic rings. The molecule has 2 N–H and O–H groups in total. The third-order valence-corrected chi connectivity index (χ3v) is 5.51. The molecular formula is C26H27FN2O4. The molecule has 172 valence electrons. The topological polar surface area (TPSA) is 88.4 Å². The van der Waals surface area contributed by atoms with Gasteiger partial charge in [0.05, 0.1) is 6.54 Å². The quantitative estimate of drug-likeness (QED) is 0.514. The van der Waals surface area contributed by atoms with Crippen LogP contribution in [0.4, 0.5) is 4.39 Å². The molecule has 1 amide bonds. The lowest BCUT2D eigenvalue weighted by Gasteiger charge is -2.20. The first-order chi connectivity index (χ1) is 15.8. The molecule has 0 unspecified atom stereocenters. The zero-order valence-electron chi connectivity index (χ0n) is 18.7. The first kappa shape index (κ1) is 23.9. The summed E-state index contributed by atoms with van der Waals surface area (Å²) in [5, 5.41) is 12.1. The number of aromatic nitrogens is 1. The van der Waals surface area contributed by atoms with Crippen molar-refractivity contribution in [3.8, 4) is 0 Å². The number of aliphatic carboxylic acids is 1. The fourth-order valence-electron chi connectivity index (χ4n) is 3.84. The van der Waals surface area contributed by atoms with Crippen molar-refractivity contribution < 1.29 is 19.1 Å². The Kier molecular flexibility index (Phi) is 7.77. The maximum Gasteiger partial charge on any atom is 0.330 e. The number of carbonyl (C=O) groups excluding carboxylic acids is 1. The Morgan fingerprint density at radius 3 is 2.30 bits per heavy atom. The summed E-state index contributed by atoms with van der Waals surface area (Å²) in [6, 6.07) is 14.5. The third kappa shape index (κ3) is 5.55. The van der Waals surface area contributed by atoms with E-state index in [0.29, 0.717) is 18.4 Å². The lowest BCUT2D eigenvalue weighted by atomic mass is 10.0. The molecule has 33 heavy (non-hydrogen) atoms. The molecule has 0 fully saturated rings. The van der Waals surface area contributed by atoms with Crippen molar-refractivity contribution >= 4 is 11.9 Å². The highest BCUT2D eigenvalue weighted by atomic mass is 19.1. The highest BCUT2D eigenvalue weighted by molar-refractivity contribution is 5.96. The van der Waals surface area contributed by atoms with E-state index >= 15 is 0 Å². The summed E-state index contributed by atoms with van der Waals surface area (Å²) in [5.41, 5.74) is 2.18. The van der Waals surface area contributed by atoms with E-state index in [0.717, 1.165) is 23.2 Å². The minimum Gasteiger partial charge on any atom is -0.479 e. The molecule has 0 spiro atoms. The smallest absolute Gasteiger partial charge is 0.330 e. The Morgan fingerprint density at radius 1 is 1.06 bits per heavy atom. The number of aryl methyl sites for hydroxylation is 1. The van der Waals surface area contributed by atoms with Gasteiger partial charge in [0.25, 0.3) is 11.5 Å². The zero-order chi connectivity index (χ0) is 24.0. The fourth-order valence-corrected chi connectivity index (χ4v) is 3.84. The Morgan fingerprint density at radius 2 is 1.73 bits per heavy atom. The van der Waals surface area contributed by atoms with E-state index in [2.05, 4.69) is 5.32 Å². The van der Waals surface area contributed by atoms with E-state index in [1.54, 1.807) is 53.1 Å². The van der Waals surface area contributed by atoms with Gasteiger partial charge in [0.1, 0.15) is 11.4 Å². The van der Waals surface area contributed by atoms with E-state index in [4.69, 9.17) is 0 Å². The average Bonchev–Trinajstić information content (AvgIpc) is 2.81. The van der Waals surface area contributed by atoms with E-state index in [9.17, 15) is 23.9 Å². The Bertz CT molecular complexity index is 1190. The lowest BCUT2D eigenvalue weighted by Crippen LogP contribution is -2.39. The van der Waals surface area contributed by atoms with Gasteiger partial charge in [-0.3, -0.25) is 9.59 Å². The van der Waals surface area contributed by atoms with Crippen molar-refractivity contribution in [3.05, 3.63) is 105 Å². The first-order valence-corrected chi connectivity index (χ1v) is 10.9. The van der Waals surface area contributed by atoms with Gasteiger partial charge >= 0.3 is 5.97 Å². The molecule has 0 radical (unpaired) electrons. The summed E-state index contributed by atoms with van der Waals surface area (Å²) in [6.07, 6.45) is 2.04. The van der Waals surface area contributed by atoms with Gasteiger partial charge in [-0.15, -0.1) is 0 Å². The normalized spacial score (nSPS) is 11.7. The van der Waals surface area contributed by atoms with E-state index in [-0.39, 0.29) is 17.9 Å². The molecule has 1 atom stereocenters. The van der Waals surface area contributed by atoms with E-state index in [1.807, 2.05) is 13.8 Å². The van der Waals surface area contributed by atoms with Crippen LogP contribution >= 0.6 is 0 Å². The second-order valence-corrected chi connectivity index (χ2v) is 7.81. The lowest BCUT2D eigenvalue weighted by molar-refractivity contribution is -0.139. The van der Waals surface area contributed by atoms with Crippen molar-refractivity contribution in [2.24, 2.45) is 0 Å². The largest absolute Gasteiger partial charge is 0.479 e. The summed E-state index contributed by atoms with van der Waals surface area (Å²) in [6.45, 7) is 4.13. The monoisotopic (exact) mass is 450 g/mol. The van der Waals surface area contributed by atoms with E-state index < -0.39 is 23.5 Å². The van der Waals surface area contributed by atoms with Crippen molar-refractivity contribution in [1.82, 2.24) is 9.88 Å². The Hall–Kier alpha value is -3.74. The summed E-state index contributed by atoms with van der Waals surface area (Å²) < 4.78 is 14.9. The van der Waals surface area contributed by atoms with Crippen LogP contribution in [0.3, 0.4) is 0 Å². The summed E-state index contributed by atoms with van der Waals surface area (Å²) in [4.78, 5) is 38.3. The molecule has 0 saturated carbocycles. The van der Waals surface area contributed by atoms with Crippen LogP contribution in [0.25, 0.3) is 0 Å². The van der Waals surface area contributed by atoms with Crippen molar-refractivity contribution in [2.45, 2.75) is 45.7 Å². The molecule has 7 heteroatoms. The highest BCUT2D eigenvalue weighted by Crippen LogP contribution is 2.17. The molecule has 3 rings (SSSR count). The summed E-state index contributed by atoms with van der Waals surface area (Å²) in [5.74, 6) is -2.34. The molecule has 1 aromatic heterocycles. The van der Waals surface area contributed by atoms with Gasteiger partial charge in [-0.2, -0.15) is 0 Å². The number of pyridine rings is 1. The third-order valence-electron chi connectivity index (χ3n) is 5.51. The number of hydrogen-bond acceptors (Lipinski definition) is 3. The highest BCUT2D eigenvalue weighted by Gasteiger charge is 2.25. The van der Waals surface area contributed by atoms with Crippen LogP contribution in [0, 0.1) is 5.82 Å². The average molecular weight is 451 g/mol. The number of carboxylic acids is 1. The Labute approximate surface area is 191 Å². The molecule has 0 bridgehead atoms. The zero-order valence-corrected chi connectivity index (χ0v) is 18.7. The molecule has 0 aliphatic rings. The molecule has 1 heterocycles. The fraction of sp³-hybridized carbons (Fsp3) is 0.269. The second kappa shape index (κ2) is 10.7. The van der Waals surface area contributed by atoms with Crippen molar-refractivity contribution in [3.63, 3.8) is 0 Å². The number of carbonyl (C=O) groups is 2. The molecular weight excluding hydrogens is 423 g/mol. The molecule has 0 saturated heterocycles. The predicted octanol–water partition coefficient (Wildman–Crippen LogP) is 4.11. The van der Waals surface area contributed by atoms with Gasteiger partial charge in [-0.25, -0.2) is 9.18 Å². The van der Waals surface area contributed by atoms with Crippen LogP contribution in [0.5, 0.6) is 0 Å². The van der Waals surface area contributed by atoms with Gasteiger partial charge < -0.3 is 15.0 Å². The second-order valence-electron chi connectivity index (χ2n) is 7.81. The number of hydrogen-bond donors (Lipinski definition) is 2. The van der Waals surface area contributed by atoms with Crippen LogP contribution in [-0.2, 0) is 24.2 Å². The van der Waals surface area contributed by atoms with Crippen LogP contribution < -0.4 is 10.9 Å². The van der Waals surface area contributed by atoms with Crippen LogP contribution in [0.2, 0.25) is 0 Å². The van der Waals surface area contributed by atoms with Gasteiger partial charge in [0.15, 0.2) is 6.04 Å². The van der Waals surface area contributed by atoms with Gasteiger partial charge in [-0.05, 0) is 47.7 Å². The van der Waals surface area contributed by atoms with Crippen LogP contribution in [0.15, 0.2) is 65.5 Å². The number of nitrogens with zero attached hydrogens (tertiary/aromatic N) is 1. The maximum absolute atomic E-state index is 13.4. The number of amides is 1. The minimum atomic E-state index is -1.29. The minimum absolute atomic E-state index is 0.115. The molecule has 2 aromatic carbocycles. The van der Waals surface area contributed by atoms with Crippen molar-refractivity contribution in [2.75, 3.05) is 0 Å². The van der Waals surface area contributed by atoms with Gasteiger partial charge in [0.2, 0.25) is 0 Å². The SMILES string of the molecule is CCCc1c(CC)cc(C(=O)N[C@H](C(=O)O)c2ccccc2)c(=O)n1Cc1ccc(F)cc1. The molecule has 6 nitrogen and oxygen atoms in total. The van der Waals surface area contributed by atoms with Crippen LogP contribution in [-0.4, -0.2) is 21.6 Å².